The zero-order valence-corrected chi connectivity index (χ0v) is 13.2. The van der Waals surface area contributed by atoms with E-state index in [9.17, 15) is 14.7 Å². The highest BCUT2D eigenvalue weighted by Crippen LogP contribution is 2.53. The first-order chi connectivity index (χ1) is 11.0. The third kappa shape index (κ3) is 2.67. The summed E-state index contributed by atoms with van der Waals surface area (Å²) in [6.07, 6.45) is 7.29. The minimum absolute atomic E-state index is 0.0972. The molecular weight excluding hydrogens is 292 g/mol. The Bertz CT molecular complexity index is 689. The highest BCUT2D eigenvalue weighted by molar-refractivity contribution is 5.88. The fourth-order valence-electron chi connectivity index (χ4n) is 3.85. The second-order valence-corrected chi connectivity index (χ2v) is 6.36. The number of pyridine rings is 1. The van der Waals surface area contributed by atoms with Crippen LogP contribution in [0.2, 0.25) is 0 Å². The van der Waals surface area contributed by atoms with Crippen molar-refractivity contribution in [3.05, 3.63) is 53.4 Å². The summed E-state index contributed by atoms with van der Waals surface area (Å²) in [6, 6.07) is 3.69. The van der Waals surface area contributed by atoms with Crippen LogP contribution >= 0.6 is 0 Å². The van der Waals surface area contributed by atoms with Crippen LogP contribution in [-0.2, 0) is 16.1 Å². The number of nitrogens with zero attached hydrogens (tertiary/aromatic N) is 1. The third-order valence-corrected chi connectivity index (χ3v) is 4.76. The molecule has 2 bridgehead atoms. The molecule has 4 atom stereocenters. The van der Waals surface area contributed by atoms with Gasteiger partial charge in [0.2, 0.25) is 5.91 Å². The number of nitrogens with one attached hydrogen (secondary N) is 1. The van der Waals surface area contributed by atoms with E-state index < -0.39 is 17.8 Å². The molecule has 1 aromatic rings. The second-order valence-electron chi connectivity index (χ2n) is 6.36. The summed E-state index contributed by atoms with van der Waals surface area (Å²) in [4.78, 5) is 28.4. The van der Waals surface area contributed by atoms with Crippen LogP contribution in [0, 0.1) is 23.7 Å². The van der Waals surface area contributed by atoms with Crippen LogP contribution in [0.15, 0.2) is 47.8 Å². The van der Waals surface area contributed by atoms with Gasteiger partial charge in [-0.3, -0.25) is 14.6 Å². The molecule has 1 amide bonds. The molecule has 1 saturated carbocycles. The molecule has 0 aromatic carbocycles. The van der Waals surface area contributed by atoms with E-state index in [-0.39, 0.29) is 17.7 Å². The molecule has 1 heterocycles. The normalized spacial score (nSPS) is 28.0. The van der Waals surface area contributed by atoms with Crippen LogP contribution in [-0.4, -0.2) is 22.0 Å². The van der Waals surface area contributed by atoms with Crippen molar-refractivity contribution in [1.82, 2.24) is 10.3 Å². The molecule has 5 nitrogen and oxygen atoms in total. The monoisotopic (exact) mass is 312 g/mol. The number of fused-ring (bicyclic) bond motifs is 2. The van der Waals surface area contributed by atoms with Crippen molar-refractivity contribution in [2.75, 3.05) is 0 Å². The molecule has 3 rings (SSSR count). The Morgan fingerprint density at radius 3 is 2.48 bits per heavy atom. The zero-order chi connectivity index (χ0) is 16.6. The molecular formula is C18H20N2O3. The lowest BCUT2D eigenvalue weighted by Crippen LogP contribution is -2.39. The number of carbonyl (C=O) groups excluding carboxylic acids is 1. The first-order valence-corrected chi connectivity index (χ1v) is 7.75. The molecule has 2 N–H and O–H groups in total. The summed E-state index contributed by atoms with van der Waals surface area (Å²) >= 11 is 0. The van der Waals surface area contributed by atoms with Gasteiger partial charge in [0, 0.05) is 30.8 Å². The van der Waals surface area contributed by atoms with Gasteiger partial charge in [-0.2, -0.15) is 0 Å². The lowest BCUT2D eigenvalue weighted by atomic mass is 9.82. The van der Waals surface area contributed by atoms with E-state index in [0.717, 1.165) is 16.7 Å². The number of amides is 1. The third-order valence-electron chi connectivity index (χ3n) is 4.76. The van der Waals surface area contributed by atoms with Crippen molar-refractivity contribution >= 4 is 11.9 Å². The van der Waals surface area contributed by atoms with Crippen molar-refractivity contribution in [3.8, 4) is 0 Å². The molecule has 0 aliphatic heterocycles. The number of aliphatic carboxylic acids is 1. The lowest BCUT2D eigenvalue weighted by Gasteiger charge is -2.23. The van der Waals surface area contributed by atoms with E-state index in [2.05, 4.69) is 10.3 Å². The van der Waals surface area contributed by atoms with Crippen LogP contribution in [0.5, 0.6) is 0 Å². The first-order valence-electron chi connectivity index (χ1n) is 7.75. The second kappa shape index (κ2) is 5.99. The molecule has 2 aliphatic rings. The Labute approximate surface area is 135 Å². The minimum atomic E-state index is -0.901. The van der Waals surface area contributed by atoms with Crippen LogP contribution < -0.4 is 5.32 Å². The van der Waals surface area contributed by atoms with E-state index in [4.69, 9.17) is 0 Å². The largest absolute Gasteiger partial charge is 0.481 e. The topological polar surface area (TPSA) is 79.3 Å². The maximum absolute atomic E-state index is 12.6. The highest BCUT2D eigenvalue weighted by Gasteiger charge is 2.54. The Hall–Kier alpha value is -2.43. The van der Waals surface area contributed by atoms with Crippen molar-refractivity contribution in [1.29, 1.82) is 0 Å². The number of aromatic nitrogens is 1. The number of carboxylic acid groups (broad SMARTS) is 1. The molecule has 0 unspecified atom stereocenters. The molecule has 23 heavy (non-hydrogen) atoms. The standard InChI is InChI=1S/C18H20N2O3/c1-10(2)14-12-5-6-13(14)16(18(22)23)15(12)17(21)20-9-11-4-3-7-19-8-11/h3-8,12-13,15-16H,9H2,1-2H3,(H,20,21)(H,22,23)/t12-,13+,15-,16+/m1/s1. The average Bonchev–Trinajstić information content (AvgIpc) is 3.09. The molecule has 2 aliphatic carbocycles. The summed E-state index contributed by atoms with van der Waals surface area (Å²) in [7, 11) is 0. The van der Waals surface area contributed by atoms with E-state index in [0.29, 0.717) is 6.54 Å². The van der Waals surface area contributed by atoms with Crippen molar-refractivity contribution in [3.63, 3.8) is 0 Å². The summed E-state index contributed by atoms with van der Waals surface area (Å²) in [5.41, 5.74) is 3.10. The molecule has 1 aromatic heterocycles. The number of hydrogen-bond acceptors (Lipinski definition) is 3. The molecule has 0 saturated heterocycles. The van der Waals surface area contributed by atoms with E-state index in [1.165, 1.54) is 0 Å². The lowest BCUT2D eigenvalue weighted by molar-refractivity contribution is -0.147. The number of rotatable bonds is 4. The Morgan fingerprint density at radius 1 is 1.22 bits per heavy atom. The Kier molecular flexibility index (Phi) is 4.03. The van der Waals surface area contributed by atoms with Gasteiger partial charge in [-0.1, -0.05) is 29.4 Å². The van der Waals surface area contributed by atoms with E-state index in [1.807, 2.05) is 38.1 Å². The van der Waals surface area contributed by atoms with Gasteiger partial charge in [0.05, 0.1) is 11.8 Å². The van der Waals surface area contributed by atoms with E-state index >= 15 is 0 Å². The minimum Gasteiger partial charge on any atom is -0.481 e. The molecule has 5 heteroatoms. The summed E-state index contributed by atoms with van der Waals surface area (Å²) < 4.78 is 0. The van der Waals surface area contributed by atoms with Gasteiger partial charge in [-0.25, -0.2) is 0 Å². The van der Waals surface area contributed by atoms with Crippen LogP contribution in [0.3, 0.4) is 0 Å². The summed E-state index contributed by atoms with van der Waals surface area (Å²) in [6.45, 7) is 4.33. The molecule has 0 spiro atoms. The van der Waals surface area contributed by atoms with Crippen LogP contribution in [0.1, 0.15) is 19.4 Å². The van der Waals surface area contributed by atoms with Gasteiger partial charge in [0.15, 0.2) is 0 Å². The first kappa shape index (κ1) is 15.5. The van der Waals surface area contributed by atoms with Crippen LogP contribution in [0.25, 0.3) is 0 Å². The SMILES string of the molecule is CC(C)=C1[C@H]2C=C[C@@H]1[C@H](C(=O)O)[C@@H]2C(=O)NCc1cccnc1. The van der Waals surface area contributed by atoms with Gasteiger partial charge < -0.3 is 10.4 Å². The summed E-state index contributed by atoms with van der Waals surface area (Å²) in [5, 5.41) is 12.5. The highest BCUT2D eigenvalue weighted by atomic mass is 16.4. The smallest absolute Gasteiger partial charge is 0.308 e. The number of allylic oxidation sites excluding steroid dienone is 4. The predicted octanol–water partition coefficient (Wildman–Crippen LogP) is 2.17. The zero-order valence-electron chi connectivity index (χ0n) is 13.2. The van der Waals surface area contributed by atoms with Crippen molar-refractivity contribution in [2.24, 2.45) is 23.7 Å². The van der Waals surface area contributed by atoms with E-state index in [1.54, 1.807) is 12.4 Å². The fraction of sp³-hybridized carbons (Fsp3) is 0.389. The van der Waals surface area contributed by atoms with Gasteiger partial charge in [0.25, 0.3) is 0 Å². The van der Waals surface area contributed by atoms with Crippen molar-refractivity contribution in [2.45, 2.75) is 20.4 Å². The molecule has 120 valence electrons. The van der Waals surface area contributed by atoms with Crippen molar-refractivity contribution < 1.29 is 14.7 Å². The Balaban J connectivity index is 1.80. The van der Waals surface area contributed by atoms with Gasteiger partial charge in [-0.15, -0.1) is 0 Å². The average molecular weight is 312 g/mol. The molecule has 0 radical (unpaired) electrons. The Morgan fingerprint density at radius 2 is 1.91 bits per heavy atom. The summed E-state index contributed by atoms with van der Waals surface area (Å²) in [5.74, 6) is -2.57. The number of carbonyl (C=O) groups is 2. The fourth-order valence-corrected chi connectivity index (χ4v) is 3.85. The van der Waals surface area contributed by atoms with Gasteiger partial charge in [-0.05, 0) is 25.5 Å². The van der Waals surface area contributed by atoms with Gasteiger partial charge >= 0.3 is 5.97 Å². The quantitative estimate of drug-likeness (QED) is 0.835. The maximum Gasteiger partial charge on any atom is 0.308 e. The molecule has 1 fully saturated rings. The van der Waals surface area contributed by atoms with Crippen LogP contribution in [0.4, 0.5) is 0 Å². The maximum atomic E-state index is 12.6. The predicted molar refractivity (Wildman–Crippen MR) is 85.2 cm³/mol. The number of hydrogen-bond donors (Lipinski definition) is 2. The number of carboxylic acids is 1. The van der Waals surface area contributed by atoms with Gasteiger partial charge in [0.1, 0.15) is 0 Å².